The lowest BCUT2D eigenvalue weighted by Gasteiger charge is -2.31. The lowest BCUT2D eigenvalue weighted by atomic mass is 10.00. The Hall–Kier alpha value is -5.66. The number of fused-ring (bicyclic) bond motifs is 2. The molecule has 4 amide bonds. The number of hydrogen-bond acceptors (Lipinski definition) is 8. The molecule has 14 nitrogen and oxygen atoms in total. The van der Waals surface area contributed by atoms with E-state index < -0.39 is 24.3 Å². The molecule has 58 heavy (non-hydrogen) atoms. The third-order valence-electron chi connectivity index (χ3n) is 13.1. The number of imidazole rings is 2. The van der Waals surface area contributed by atoms with Gasteiger partial charge in [-0.05, 0) is 70.6 Å². The minimum Gasteiger partial charge on any atom is -0.453 e. The first-order valence-corrected chi connectivity index (χ1v) is 20.3. The fourth-order valence-electron chi connectivity index (χ4n) is 9.37. The first-order valence-electron chi connectivity index (χ1n) is 20.3. The molecule has 8 atom stereocenters. The van der Waals surface area contributed by atoms with Gasteiger partial charge in [0.05, 0.1) is 50.1 Å². The maximum absolute atomic E-state index is 13.9. The molecule has 2 aromatic heterocycles. The first-order chi connectivity index (χ1) is 27.6. The number of alkyl carbamates (subject to hydrolysis) is 2. The number of ether oxygens (including phenoxy) is 2. The molecular formula is C44H54N8O6. The van der Waals surface area contributed by atoms with Gasteiger partial charge in [0.2, 0.25) is 11.8 Å². The molecule has 4 fully saturated rings. The predicted molar refractivity (Wildman–Crippen MR) is 217 cm³/mol. The Morgan fingerprint density at radius 1 is 0.621 bits per heavy atom. The molecule has 8 rings (SSSR count). The van der Waals surface area contributed by atoms with Crippen LogP contribution in [-0.2, 0) is 19.1 Å². The Kier molecular flexibility index (Phi) is 9.87. The molecule has 4 heterocycles. The number of aromatic nitrogens is 4. The van der Waals surface area contributed by atoms with E-state index in [1.165, 1.54) is 14.2 Å². The SMILES string of the molecule is COC(=O)N[C@H](C(=O)N1[C@H]2C[C@@]2(C)C[C@H]1c1ncc(-c2ccc(-c3ccc(-c4cnc([C@@H]5C[C@]6(C)C[C@@H]6N5C(=O)[C@@H](NC(=O)OC)C(C)C)[nH]4)cc3)cc2)[nH]1)C(C)C. The van der Waals surface area contributed by atoms with Gasteiger partial charge in [-0.3, -0.25) is 9.59 Å². The third kappa shape index (κ3) is 7.00. The molecule has 0 unspecified atom stereocenters. The zero-order valence-electron chi connectivity index (χ0n) is 34.5. The first kappa shape index (κ1) is 39.2. The van der Waals surface area contributed by atoms with Crippen molar-refractivity contribution in [3.63, 3.8) is 0 Å². The van der Waals surface area contributed by atoms with Crippen molar-refractivity contribution in [2.75, 3.05) is 14.2 Å². The van der Waals surface area contributed by atoms with E-state index in [1.54, 1.807) is 0 Å². The minimum absolute atomic E-state index is 0.0379. The molecule has 4 N–H and O–H groups in total. The van der Waals surface area contributed by atoms with E-state index in [9.17, 15) is 19.2 Å². The normalized spacial score (nSPS) is 26.5. The number of nitrogens with one attached hydrogen (secondary N) is 4. The Morgan fingerprint density at radius 2 is 0.966 bits per heavy atom. The number of H-pyrrole nitrogens is 2. The van der Waals surface area contributed by atoms with Crippen molar-refractivity contribution in [1.29, 1.82) is 0 Å². The van der Waals surface area contributed by atoms with E-state index in [0.717, 1.165) is 71.0 Å². The summed E-state index contributed by atoms with van der Waals surface area (Å²) in [5, 5.41) is 5.49. The van der Waals surface area contributed by atoms with Crippen LogP contribution in [0.1, 0.15) is 91.0 Å². The van der Waals surface area contributed by atoms with Crippen molar-refractivity contribution in [3.05, 3.63) is 72.6 Å². The van der Waals surface area contributed by atoms with Gasteiger partial charge in [0.15, 0.2) is 0 Å². The summed E-state index contributed by atoms with van der Waals surface area (Å²) in [6.07, 6.45) is 5.91. The van der Waals surface area contributed by atoms with Crippen molar-refractivity contribution < 1.29 is 28.7 Å². The highest BCUT2D eigenvalue weighted by Gasteiger charge is 2.65. The van der Waals surface area contributed by atoms with E-state index in [0.29, 0.717) is 0 Å². The van der Waals surface area contributed by atoms with Gasteiger partial charge in [-0.15, -0.1) is 0 Å². The van der Waals surface area contributed by atoms with E-state index >= 15 is 0 Å². The van der Waals surface area contributed by atoms with E-state index in [1.807, 2.05) is 49.9 Å². The summed E-state index contributed by atoms with van der Waals surface area (Å²) >= 11 is 0. The molecule has 4 aliphatic rings. The number of hydrogen-bond donors (Lipinski definition) is 4. The molecule has 2 aromatic carbocycles. The maximum Gasteiger partial charge on any atom is 0.407 e. The fraction of sp³-hybridized carbons (Fsp3) is 0.500. The summed E-state index contributed by atoms with van der Waals surface area (Å²) in [6.45, 7) is 12.1. The highest BCUT2D eigenvalue weighted by molar-refractivity contribution is 5.88. The lowest BCUT2D eigenvalue weighted by Crippen LogP contribution is -2.52. The van der Waals surface area contributed by atoms with E-state index in [4.69, 9.17) is 19.4 Å². The van der Waals surface area contributed by atoms with E-state index in [-0.39, 0.29) is 58.6 Å². The molecule has 2 saturated carbocycles. The largest absolute Gasteiger partial charge is 0.453 e. The van der Waals surface area contributed by atoms with Gasteiger partial charge in [-0.2, -0.15) is 0 Å². The summed E-state index contributed by atoms with van der Waals surface area (Å²) < 4.78 is 9.63. The summed E-state index contributed by atoms with van der Waals surface area (Å²) in [5.74, 6) is 1.05. The molecule has 2 aliphatic heterocycles. The second-order valence-electron chi connectivity index (χ2n) is 17.9. The number of carbonyl (C=O) groups excluding carboxylic acids is 4. The van der Waals surface area contributed by atoms with Crippen LogP contribution < -0.4 is 10.6 Å². The van der Waals surface area contributed by atoms with Gasteiger partial charge in [0.1, 0.15) is 23.7 Å². The monoisotopic (exact) mass is 790 g/mol. The Balaban J connectivity index is 0.947. The van der Waals surface area contributed by atoms with Crippen LogP contribution in [0.25, 0.3) is 33.6 Å². The van der Waals surface area contributed by atoms with Gasteiger partial charge in [-0.1, -0.05) is 90.1 Å². The zero-order chi connectivity index (χ0) is 41.3. The number of carbonyl (C=O) groups is 4. The van der Waals surface area contributed by atoms with Crippen LogP contribution in [0.15, 0.2) is 60.9 Å². The molecule has 2 aliphatic carbocycles. The van der Waals surface area contributed by atoms with Gasteiger partial charge in [0.25, 0.3) is 0 Å². The van der Waals surface area contributed by atoms with Crippen LogP contribution in [0, 0.1) is 22.7 Å². The Bertz CT molecular complexity index is 2060. The van der Waals surface area contributed by atoms with Crippen LogP contribution in [0.2, 0.25) is 0 Å². The third-order valence-corrected chi connectivity index (χ3v) is 13.1. The number of likely N-dealkylation sites (tertiary alicyclic amines) is 2. The lowest BCUT2D eigenvalue weighted by molar-refractivity contribution is -0.137. The smallest absolute Gasteiger partial charge is 0.407 e. The highest BCUT2D eigenvalue weighted by atomic mass is 16.5. The molecule has 4 aromatic rings. The number of piperidine rings is 2. The molecule has 306 valence electrons. The average Bonchev–Trinajstić information content (AvgIpc) is 3.65. The number of aromatic amines is 2. The van der Waals surface area contributed by atoms with Crippen LogP contribution >= 0.6 is 0 Å². The molecular weight excluding hydrogens is 737 g/mol. The average molecular weight is 791 g/mol. The van der Waals surface area contributed by atoms with Gasteiger partial charge >= 0.3 is 12.2 Å². The van der Waals surface area contributed by atoms with Crippen LogP contribution in [0.4, 0.5) is 9.59 Å². The number of rotatable bonds is 11. The number of amides is 4. The molecule has 14 heteroatoms. The summed E-state index contributed by atoms with van der Waals surface area (Å²) in [4.78, 5) is 72.4. The minimum atomic E-state index is -0.693. The van der Waals surface area contributed by atoms with Crippen molar-refractivity contribution in [2.24, 2.45) is 22.7 Å². The van der Waals surface area contributed by atoms with Crippen LogP contribution in [-0.4, -0.2) is 92.1 Å². The number of methoxy groups -OCH3 is 2. The predicted octanol–water partition coefficient (Wildman–Crippen LogP) is 7.00. The number of benzene rings is 2. The molecule has 0 bridgehead atoms. The molecule has 0 spiro atoms. The second kappa shape index (κ2) is 14.6. The van der Waals surface area contributed by atoms with Crippen molar-refractivity contribution in [3.8, 4) is 33.6 Å². The van der Waals surface area contributed by atoms with Crippen molar-refractivity contribution in [1.82, 2.24) is 40.4 Å². The molecule has 2 saturated heterocycles. The van der Waals surface area contributed by atoms with Gasteiger partial charge in [-0.25, -0.2) is 19.6 Å². The zero-order valence-corrected chi connectivity index (χ0v) is 34.5. The Morgan fingerprint density at radius 3 is 1.29 bits per heavy atom. The topological polar surface area (TPSA) is 175 Å². The van der Waals surface area contributed by atoms with Crippen LogP contribution in [0.3, 0.4) is 0 Å². The van der Waals surface area contributed by atoms with Crippen LogP contribution in [0.5, 0.6) is 0 Å². The summed E-state index contributed by atoms with van der Waals surface area (Å²) in [5.41, 5.74) is 5.90. The summed E-state index contributed by atoms with van der Waals surface area (Å²) in [6, 6.07) is 15.0. The molecule has 0 radical (unpaired) electrons. The second-order valence-corrected chi connectivity index (χ2v) is 17.9. The quantitative estimate of drug-likeness (QED) is 0.126. The standard InChI is InChI=1S/C44H54N8O6/c1-23(2)35(49-41(55)57-7)39(53)51-31(17-43(5)19-33(43)51)37-45-21-29(47-37)27-13-9-25(10-14-27)26-11-15-28(16-12-26)30-22-46-38(48-30)32-18-44(6)20-34(44)52(32)40(54)36(24(3)4)50-42(56)58-8/h9-16,21-24,31-36H,17-20H2,1-8H3,(H,45,47)(H,46,48)(H,49,55)(H,50,56)/t31-,32-,33-,34-,35-,36-,43+,44+/m0/s1. The summed E-state index contributed by atoms with van der Waals surface area (Å²) in [7, 11) is 2.60. The van der Waals surface area contributed by atoms with Crippen molar-refractivity contribution >= 4 is 24.0 Å². The Labute approximate surface area is 338 Å². The maximum atomic E-state index is 13.9. The van der Waals surface area contributed by atoms with Gasteiger partial charge in [0, 0.05) is 12.1 Å². The van der Waals surface area contributed by atoms with Gasteiger partial charge < -0.3 is 39.9 Å². The van der Waals surface area contributed by atoms with E-state index in [2.05, 4.69) is 83.0 Å². The van der Waals surface area contributed by atoms with Crippen molar-refractivity contribution in [2.45, 2.75) is 103 Å². The fourth-order valence-corrected chi connectivity index (χ4v) is 9.37. The number of nitrogens with zero attached hydrogens (tertiary/aromatic N) is 4. The highest BCUT2D eigenvalue weighted by Crippen LogP contribution is 2.64.